The van der Waals surface area contributed by atoms with Crippen molar-refractivity contribution in [2.75, 3.05) is 21.3 Å². The van der Waals surface area contributed by atoms with E-state index in [1.807, 2.05) is 0 Å². The standard InChI is InChI=1S/C20H25NO6/c1-25-18-9-12(4-6-16(18)22)8-14(20(24)27-3)10-15(21)13-5-7-17(23)19(11-13)26-2/h4-7,9,11,14-15,22-23H,8,10,21H2,1-3H3. The SMILES string of the molecule is COC(=O)C(Cc1ccc(O)c(OC)c1)CC(N)c1ccc(O)c(OC)c1. The van der Waals surface area contributed by atoms with Crippen molar-refractivity contribution < 1.29 is 29.2 Å². The number of benzene rings is 2. The number of phenolic OH excluding ortho intramolecular Hbond substituents is 2. The molecule has 2 atom stereocenters. The number of carbonyl (C=O) groups is 1. The van der Waals surface area contributed by atoms with Crippen molar-refractivity contribution in [1.29, 1.82) is 0 Å². The third-order valence-electron chi connectivity index (χ3n) is 4.43. The third-order valence-corrected chi connectivity index (χ3v) is 4.43. The first-order valence-corrected chi connectivity index (χ1v) is 8.45. The molecule has 0 spiro atoms. The Kier molecular flexibility index (Phi) is 6.90. The quantitative estimate of drug-likeness (QED) is 0.608. The lowest BCUT2D eigenvalue weighted by atomic mass is 9.90. The van der Waals surface area contributed by atoms with Gasteiger partial charge >= 0.3 is 5.97 Å². The Morgan fingerprint density at radius 2 is 1.59 bits per heavy atom. The lowest BCUT2D eigenvalue weighted by molar-refractivity contribution is -0.145. The minimum Gasteiger partial charge on any atom is -0.504 e. The Morgan fingerprint density at radius 1 is 1.00 bits per heavy atom. The van der Waals surface area contributed by atoms with Crippen LogP contribution in [0.4, 0.5) is 0 Å². The van der Waals surface area contributed by atoms with Gasteiger partial charge in [0.2, 0.25) is 0 Å². The predicted molar refractivity (Wildman–Crippen MR) is 100 cm³/mol. The lowest BCUT2D eigenvalue weighted by Crippen LogP contribution is -2.24. The number of aromatic hydroxyl groups is 2. The van der Waals surface area contributed by atoms with Crippen molar-refractivity contribution in [2.45, 2.75) is 18.9 Å². The number of carbonyl (C=O) groups excluding carboxylic acids is 1. The minimum atomic E-state index is -0.487. The van der Waals surface area contributed by atoms with Gasteiger partial charge in [0.05, 0.1) is 27.2 Å². The minimum absolute atomic E-state index is 0.0224. The Bertz CT molecular complexity index is 792. The van der Waals surface area contributed by atoms with Crippen molar-refractivity contribution in [1.82, 2.24) is 0 Å². The molecule has 0 heterocycles. The highest BCUT2D eigenvalue weighted by atomic mass is 16.5. The number of phenols is 2. The molecule has 0 aliphatic carbocycles. The van der Waals surface area contributed by atoms with Gasteiger partial charge in [-0.3, -0.25) is 4.79 Å². The summed E-state index contributed by atoms with van der Waals surface area (Å²) in [4.78, 5) is 12.3. The van der Waals surface area contributed by atoms with Crippen molar-refractivity contribution >= 4 is 5.97 Å². The number of esters is 1. The van der Waals surface area contributed by atoms with Crippen LogP contribution in [0, 0.1) is 5.92 Å². The summed E-state index contributed by atoms with van der Waals surface area (Å²) >= 11 is 0. The summed E-state index contributed by atoms with van der Waals surface area (Å²) in [5.41, 5.74) is 7.84. The van der Waals surface area contributed by atoms with E-state index in [1.165, 1.54) is 33.5 Å². The lowest BCUT2D eigenvalue weighted by Gasteiger charge is -2.20. The average Bonchev–Trinajstić information content (AvgIpc) is 2.68. The molecular weight excluding hydrogens is 350 g/mol. The van der Waals surface area contributed by atoms with E-state index in [9.17, 15) is 15.0 Å². The zero-order chi connectivity index (χ0) is 20.0. The molecular formula is C20H25NO6. The largest absolute Gasteiger partial charge is 0.504 e. The highest BCUT2D eigenvalue weighted by Gasteiger charge is 2.24. The van der Waals surface area contributed by atoms with Crippen molar-refractivity contribution in [2.24, 2.45) is 11.7 Å². The van der Waals surface area contributed by atoms with Gasteiger partial charge in [0.25, 0.3) is 0 Å². The molecule has 0 bridgehead atoms. The maximum atomic E-state index is 12.3. The second kappa shape index (κ2) is 9.14. The van der Waals surface area contributed by atoms with Crippen LogP contribution in [0.2, 0.25) is 0 Å². The summed E-state index contributed by atoms with van der Waals surface area (Å²) in [5, 5.41) is 19.4. The molecule has 0 radical (unpaired) electrons. The Morgan fingerprint density at radius 3 is 2.19 bits per heavy atom. The summed E-state index contributed by atoms with van der Waals surface area (Å²) < 4.78 is 15.1. The van der Waals surface area contributed by atoms with Crippen LogP contribution < -0.4 is 15.2 Å². The first kappa shape index (κ1) is 20.4. The molecule has 2 aromatic carbocycles. The molecule has 0 aliphatic rings. The number of rotatable bonds is 8. The van der Waals surface area contributed by atoms with Crippen LogP contribution in [0.5, 0.6) is 23.0 Å². The number of methoxy groups -OCH3 is 3. The van der Waals surface area contributed by atoms with Gasteiger partial charge in [0.15, 0.2) is 23.0 Å². The Balaban J connectivity index is 2.20. The van der Waals surface area contributed by atoms with Crippen molar-refractivity contribution in [3.8, 4) is 23.0 Å². The van der Waals surface area contributed by atoms with Crippen LogP contribution in [0.25, 0.3) is 0 Å². The first-order chi connectivity index (χ1) is 12.9. The van der Waals surface area contributed by atoms with Crippen LogP contribution in [-0.2, 0) is 16.0 Å². The number of hydrogen-bond donors (Lipinski definition) is 3. The Labute approximate surface area is 158 Å². The fraction of sp³-hybridized carbons (Fsp3) is 0.350. The predicted octanol–water partition coefficient (Wildman–Crippen LogP) is 2.54. The van der Waals surface area contributed by atoms with Crippen LogP contribution in [0.1, 0.15) is 23.6 Å². The highest BCUT2D eigenvalue weighted by molar-refractivity contribution is 5.72. The molecule has 7 nitrogen and oxygen atoms in total. The van der Waals surface area contributed by atoms with E-state index in [2.05, 4.69) is 0 Å². The molecule has 2 rings (SSSR count). The molecule has 0 saturated carbocycles. The Hall–Kier alpha value is -2.93. The molecule has 2 aromatic rings. The molecule has 0 fully saturated rings. The van der Waals surface area contributed by atoms with E-state index in [1.54, 1.807) is 24.3 Å². The normalized spacial score (nSPS) is 12.9. The van der Waals surface area contributed by atoms with E-state index in [0.717, 1.165) is 11.1 Å². The van der Waals surface area contributed by atoms with E-state index in [0.29, 0.717) is 24.3 Å². The summed E-state index contributed by atoms with van der Waals surface area (Å²) in [6.45, 7) is 0. The molecule has 2 unspecified atom stereocenters. The van der Waals surface area contributed by atoms with Gasteiger partial charge in [-0.05, 0) is 48.2 Å². The maximum Gasteiger partial charge on any atom is 0.309 e. The van der Waals surface area contributed by atoms with Gasteiger partial charge in [-0.2, -0.15) is 0 Å². The maximum absolute atomic E-state index is 12.3. The molecule has 7 heteroatoms. The zero-order valence-electron chi connectivity index (χ0n) is 15.6. The number of hydrogen-bond acceptors (Lipinski definition) is 7. The van der Waals surface area contributed by atoms with Gasteiger partial charge < -0.3 is 30.2 Å². The van der Waals surface area contributed by atoms with E-state index >= 15 is 0 Å². The highest BCUT2D eigenvalue weighted by Crippen LogP contribution is 2.32. The second-order valence-electron chi connectivity index (χ2n) is 6.20. The smallest absolute Gasteiger partial charge is 0.309 e. The van der Waals surface area contributed by atoms with Crippen LogP contribution >= 0.6 is 0 Å². The van der Waals surface area contributed by atoms with E-state index < -0.39 is 12.0 Å². The zero-order valence-corrected chi connectivity index (χ0v) is 15.6. The van der Waals surface area contributed by atoms with Crippen molar-refractivity contribution in [3.63, 3.8) is 0 Å². The van der Waals surface area contributed by atoms with Gasteiger partial charge in [0, 0.05) is 6.04 Å². The van der Waals surface area contributed by atoms with E-state index in [4.69, 9.17) is 19.9 Å². The van der Waals surface area contributed by atoms with Gasteiger partial charge in [-0.15, -0.1) is 0 Å². The fourth-order valence-corrected chi connectivity index (χ4v) is 2.93. The molecule has 4 N–H and O–H groups in total. The summed E-state index contributed by atoms with van der Waals surface area (Å²) in [7, 11) is 4.26. The topological polar surface area (TPSA) is 111 Å². The van der Waals surface area contributed by atoms with Crippen molar-refractivity contribution in [3.05, 3.63) is 47.5 Å². The monoisotopic (exact) mass is 375 g/mol. The molecule has 0 aromatic heterocycles. The van der Waals surface area contributed by atoms with Gasteiger partial charge in [-0.25, -0.2) is 0 Å². The summed E-state index contributed by atoms with van der Waals surface area (Å²) in [6.07, 6.45) is 0.718. The van der Waals surface area contributed by atoms with Crippen LogP contribution in [0.15, 0.2) is 36.4 Å². The second-order valence-corrected chi connectivity index (χ2v) is 6.20. The number of nitrogens with two attached hydrogens (primary N) is 1. The third kappa shape index (κ3) is 5.04. The fourth-order valence-electron chi connectivity index (χ4n) is 2.93. The molecule has 0 saturated heterocycles. The van der Waals surface area contributed by atoms with Gasteiger partial charge in [0.1, 0.15) is 0 Å². The van der Waals surface area contributed by atoms with E-state index in [-0.39, 0.29) is 17.5 Å². The van der Waals surface area contributed by atoms with Crippen LogP contribution in [0.3, 0.4) is 0 Å². The molecule has 27 heavy (non-hydrogen) atoms. The summed E-state index contributed by atoms with van der Waals surface area (Å²) in [6, 6.07) is 9.32. The average molecular weight is 375 g/mol. The molecule has 0 amide bonds. The first-order valence-electron chi connectivity index (χ1n) is 8.45. The van der Waals surface area contributed by atoms with Gasteiger partial charge in [-0.1, -0.05) is 12.1 Å². The van der Waals surface area contributed by atoms with Crippen LogP contribution in [-0.4, -0.2) is 37.5 Å². The molecule has 146 valence electrons. The summed E-state index contributed by atoms with van der Waals surface area (Å²) in [5.74, 6) is -0.148. The molecule has 0 aliphatic heterocycles. The number of ether oxygens (including phenoxy) is 3.